The molecule has 3 rings (SSSR count). The first-order valence-electron chi connectivity index (χ1n) is 8.00. The maximum atomic E-state index is 12.2. The third-order valence-electron chi connectivity index (χ3n) is 4.33. The fraction of sp³-hybridized carbons (Fsp3) is 0.562. The largest absolute Gasteiger partial charge is 0.358 e. The molecule has 1 aliphatic heterocycles. The number of nitrogens with zero attached hydrogens (tertiary/aromatic N) is 3. The third-order valence-corrected chi connectivity index (χ3v) is 4.33. The van der Waals surface area contributed by atoms with Crippen LogP contribution in [0.15, 0.2) is 6.07 Å². The molecule has 2 aromatic heterocycles. The Bertz CT molecular complexity index is 706. The first-order chi connectivity index (χ1) is 10.6. The van der Waals surface area contributed by atoms with Gasteiger partial charge in [0, 0.05) is 23.9 Å². The van der Waals surface area contributed by atoms with E-state index in [0.29, 0.717) is 0 Å². The van der Waals surface area contributed by atoms with Gasteiger partial charge in [-0.25, -0.2) is 4.98 Å². The van der Waals surface area contributed by atoms with Crippen molar-refractivity contribution in [2.24, 2.45) is 0 Å². The van der Waals surface area contributed by atoms with Crippen LogP contribution >= 0.6 is 0 Å². The number of carbonyl (C=O) groups excluding carboxylic acids is 1. The zero-order valence-electron chi connectivity index (χ0n) is 13.4. The molecule has 1 atom stereocenters. The molecule has 3 heterocycles. The summed E-state index contributed by atoms with van der Waals surface area (Å²) in [6, 6.07) is 1.79. The van der Waals surface area contributed by atoms with E-state index >= 15 is 0 Å². The van der Waals surface area contributed by atoms with Crippen LogP contribution in [0.2, 0.25) is 0 Å². The zero-order valence-corrected chi connectivity index (χ0v) is 13.4. The van der Waals surface area contributed by atoms with Crippen molar-refractivity contribution >= 4 is 17.4 Å². The predicted molar refractivity (Wildman–Crippen MR) is 86.1 cm³/mol. The van der Waals surface area contributed by atoms with Gasteiger partial charge in [-0.05, 0) is 39.5 Å². The topological polar surface area (TPSA) is 71.3 Å². The van der Waals surface area contributed by atoms with E-state index in [2.05, 4.69) is 27.6 Å². The van der Waals surface area contributed by atoms with E-state index in [1.165, 1.54) is 0 Å². The number of hydrogen-bond donors (Lipinski definition) is 2. The molecule has 1 saturated heterocycles. The minimum atomic E-state index is -0.206. The second-order valence-electron chi connectivity index (χ2n) is 5.92. The van der Waals surface area contributed by atoms with Crippen LogP contribution < -0.4 is 10.6 Å². The first kappa shape index (κ1) is 14.8. The normalized spacial score (nSPS) is 19.0. The van der Waals surface area contributed by atoms with Gasteiger partial charge in [-0.15, -0.1) is 0 Å². The van der Waals surface area contributed by atoms with Crippen molar-refractivity contribution in [2.75, 3.05) is 11.9 Å². The molecule has 0 bridgehead atoms. The number of fused-ring (bicyclic) bond motifs is 1. The lowest BCUT2D eigenvalue weighted by atomic mass is 10.1. The quantitative estimate of drug-likeness (QED) is 0.909. The zero-order chi connectivity index (χ0) is 15.7. The number of rotatable bonds is 3. The number of aryl methyl sites for hydroxylation is 3. The lowest BCUT2D eigenvalue weighted by Crippen LogP contribution is -2.38. The Kier molecular flexibility index (Phi) is 4.00. The highest BCUT2D eigenvalue weighted by atomic mass is 16.2. The smallest absolute Gasteiger partial charge is 0.242 e. The minimum absolute atomic E-state index is 0.0705. The van der Waals surface area contributed by atoms with Crippen molar-refractivity contribution in [3.8, 4) is 0 Å². The number of nitrogens with one attached hydrogen (secondary N) is 2. The van der Waals surface area contributed by atoms with Crippen LogP contribution in [0.3, 0.4) is 0 Å². The molecule has 0 aromatic carbocycles. The highest BCUT2D eigenvalue weighted by Gasteiger charge is 2.22. The molecule has 6 nitrogen and oxygen atoms in total. The van der Waals surface area contributed by atoms with Crippen LogP contribution in [0.1, 0.15) is 43.1 Å². The SMILES string of the molecule is CCc1cc(NC2CCCCNC2=O)n2nc(C)c(C)c2n1. The van der Waals surface area contributed by atoms with Crippen molar-refractivity contribution < 1.29 is 4.79 Å². The molecule has 2 aromatic rings. The standard InChI is InChI=1S/C16H23N5O/c1-4-12-9-14(19-13-7-5-6-8-17-16(13)22)21-15(18-12)10(2)11(3)20-21/h9,13,19H,4-8H2,1-3H3,(H,17,22). The Labute approximate surface area is 130 Å². The van der Waals surface area contributed by atoms with Crippen molar-refractivity contribution in [1.82, 2.24) is 19.9 Å². The van der Waals surface area contributed by atoms with E-state index in [9.17, 15) is 4.79 Å². The van der Waals surface area contributed by atoms with E-state index in [4.69, 9.17) is 0 Å². The van der Waals surface area contributed by atoms with Gasteiger partial charge in [-0.3, -0.25) is 4.79 Å². The van der Waals surface area contributed by atoms with Crippen LogP contribution in [0, 0.1) is 13.8 Å². The number of anilines is 1. The second kappa shape index (κ2) is 5.94. The van der Waals surface area contributed by atoms with Crippen molar-refractivity contribution in [1.29, 1.82) is 0 Å². The average Bonchev–Trinajstić information content (AvgIpc) is 2.68. The summed E-state index contributed by atoms with van der Waals surface area (Å²) in [7, 11) is 0. The van der Waals surface area contributed by atoms with Gasteiger partial charge in [-0.1, -0.05) is 6.92 Å². The molecule has 2 N–H and O–H groups in total. The van der Waals surface area contributed by atoms with Gasteiger partial charge in [-0.2, -0.15) is 9.61 Å². The van der Waals surface area contributed by atoms with E-state index in [1.807, 2.05) is 24.4 Å². The predicted octanol–water partition coefficient (Wildman–Crippen LogP) is 1.99. The molecule has 1 amide bonds. The van der Waals surface area contributed by atoms with Crippen LogP contribution in [-0.2, 0) is 11.2 Å². The molecular weight excluding hydrogens is 278 g/mol. The van der Waals surface area contributed by atoms with Gasteiger partial charge in [0.25, 0.3) is 0 Å². The lowest BCUT2D eigenvalue weighted by molar-refractivity contribution is -0.121. The van der Waals surface area contributed by atoms with Gasteiger partial charge in [0.1, 0.15) is 11.9 Å². The van der Waals surface area contributed by atoms with E-state index in [-0.39, 0.29) is 11.9 Å². The van der Waals surface area contributed by atoms with Gasteiger partial charge < -0.3 is 10.6 Å². The van der Waals surface area contributed by atoms with Crippen LogP contribution in [0.5, 0.6) is 0 Å². The summed E-state index contributed by atoms with van der Waals surface area (Å²) in [6.45, 7) is 6.87. The minimum Gasteiger partial charge on any atom is -0.358 e. The summed E-state index contributed by atoms with van der Waals surface area (Å²) < 4.78 is 1.82. The lowest BCUT2D eigenvalue weighted by Gasteiger charge is -2.17. The molecule has 1 fully saturated rings. The molecule has 0 radical (unpaired) electrons. The van der Waals surface area contributed by atoms with Crippen molar-refractivity contribution in [3.05, 3.63) is 23.0 Å². The molecule has 0 spiro atoms. The molecule has 0 saturated carbocycles. The fourth-order valence-electron chi connectivity index (χ4n) is 2.82. The maximum Gasteiger partial charge on any atom is 0.242 e. The Morgan fingerprint density at radius 2 is 2.23 bits per heavy atom. The van der Waals surface area contributed by atoms with Gasteiger partial charge in [0.2, 0.25) is 5.91 Å². The summed E-state index contributed by atoms with van der Waals surface area (Å²) in [6.07, 6.45) is 3.78. The van der Waals surface area contributed by atoms with Crippen LogP contribution in [0.4, 0.5) is 5.82 Å². The summed E-state index contributed by atoms with van der Waals surface area (Å²) in [5.74, 6) is 0.918. The molecule has 22 heavy (non-hydrogen) atoms. The van der Waals surface area contributed by atoms with Crippen molar-refractivity contribution in [3.63, 3.8) is 0 Å². The highest BCUT2D eigenvalue weighted by molar-refractivity contribution is 5.84. The third kappa shape index (κ3) is 2.65. The molecule has 1 aliphatic rings. The molecule has 118 valence electrons. The van der Waals surface area contributed by atoms with E-state index < -0.39 is 0 Å². The molecule has 6 heteroatoms. The van der Waals surface area contributed by atoms with Crippen LogP contribution in [-0.4, -0.2) is 33.1 Å². The molecule has 0 aliphatic carbocycles. The number of hydrogen-bond acceptors (Lipinski definition) is 4. The van der Waals surface area contributed by atoms with Gasteiger partial charge >= 0.3 is 0 Å². The maximum absolute atomic E-state index is 12.2. The number of carbonyl (C=O) groups is 1. The molecular formula is C16H23N5O. The van der Waals surface area contributed by atoms with E-state index in [1.54, 1.807) is 0 Å². The molecule has 1 unspecified atom stereocenters. The Morgan fingerprint density at radius 3 is 3.00 bits per heavy atom. The van der Waals surface area contributed by atoms with Gasteiger partial charge in [0.15, 0.2) is 5.65 Å². The Hall–Kier alpha value is -2.11. The van der Waals surface area contributed by atoms with Crippen LogP contribution in [0.25, 0.3) is 5.65 Å². The fourth-order valence-corrected chi connectivity index (χ4v) is 2.82. The Morgan fingerprint density at radius 1 is 1.41 bits per heavy atom. The van der Waals surface area contributed by atoms with E-state index in [0.717, 1.165) is 60.6 Å². The summed E-state index contributed by atoms with van der Waals surface area (Å²) in [5, 5.41) is 10.9. The summed E-state index contributed by atoms with van der Waals surface area (Å²) in [4.78, 5) is 16.8. The summed E-state index contributed by atoms with van der Waals surface area (Å²) >= 11 is 0. The number of aromatic nitrogens is 3. The highest BCUT2D eigenvalue weighted by Crippen LogP contribution is 2.20. The monoisotopic (exact) mass is 301 g/mol. The number of amides is 1. The second-order valence-corrected chi connectivity index (χ2v) is 5.92. The average molecular weight is 301 g/mol. The summed E-state index contributed by atoms with van der Waals surface area (Å²) in [5.41, 5.74) is 3.93. The van der Waals surface area contributed by atoms with Gasteiger partial charge in [0.05, 0.1) is 5.69 Å². The van der Waals surface area contributed by atoms with Crippen molar-refractivity contribution in [2.45, 2.75) is 52.5 Å². The Balaban J connectivity index is 2.01. The first-order valence-corrected chi connectivity index (χ1v) is 8.00.